The molecule has 0 radical (unpaired) electrons. The number of hydrogen-bond acceptors (Lipinski definition) is 3. The van der Waals surface area contributed by atoms with Crippen molar-refractivity contribution in [2.24, 2.45) is 0 Å². The van der Waals surface area contributed by atoms with E-state index in [0.717, 1.165) is 24.0 Å². The third-order valence-corrected chi connectivity index (χ3v) is 5.04. The maximum Gasteiger partial charge on any atom is 0.244 e. The van der Waals surface area contributed by atoms with Crippen molar-refractivity contribution in [3.05, 3.63) is 77.9 Å². The summed E-state index contributed by atoms with van der Waals surface area (Å²) in [5, 5.41) is 2.76. The van der Waals surface area contributed by atoms with E-state index in [9.17, 15) is 9.59 Å². The molecule has 0 spiro atoms. The lowest BCUT2D eigenvalue weighted by Gasteiger charge is -2.33. The molecule has 1 atom stereocenters. The molecule has 1 heterocycles. The van der Waals surface area contributed by atoms with Crippen molar-refractivity contribution >= 4 is 17.9 Å². The molecule has 1 aliphatic rings. The Morgan fingerprint density at radius 3 is 2.34 bits per heavy atom. The number of carbonyl (C=O) groups excluding carboxylic acids is 2. The van der Waals surface area contributed by atoms with Crippen LogP contribution in [0.15, 0.2) is 66.7 Å². The molecular weight excluding hydrogens is 364 g/mol. The molecule has 5 nitrogen and oxygen atoms in total. The summed E-state index contributed by atoms with van der Waals surface area (Å²) in [7, 11) is 0. The molecule has 1 N–H and O–H groups in total. The smallest absolute Gasteiger partial charge is 0.244 e. The zero-order chi connectivity index (χ0) is 20.5. The van der Waals surface area contributed by atoms with Gasteiger partial charge in [0.25, 0.3) is 0 Å². The molecule has 1 saturated heterocycles. The van der Waals surface area contributed by atoms with E-state index in [0.29, 0.717) is 19.7 Å². The first kappa shape index (κ1) is 20.8. The zero-order valence-corrected chi connectivity index (χ0v) is 16.8. The molecule has 29 heavy (non-hydrogen) atoms. The molecule has 2 aromatic rings. The summed E-state index contributed by atoms with van der Waals surface area (Å²) in [5.41, 5.74) is 2.10. The van der Waals surface area contributed by atoms with Crippen molar-refractivity contribution in [2.75, 3.05) is 13.1 Å². The Bertz CT molecular complexity index is 813. The molecule has 0 bridgehead atoms. The number of rotatable bonds is 7. The molecule has 1 fully saturated rings. The molecule has 2 aromatic carbocycles. The van der Waals surface area contributed by atoms with Crippen LogP contribution in [0.4, 0.5) is 0 Å². The Balaban J connectivity index is 1.40. The monoisotopic (exact) mass is 392 g/mol. The fourth-order valence-electron chi connectivity index (χ4n) is 3.36. The average molecular weight is 392 g/mol. The van der Waals surface area contributed by atoms with Crippen LogP contribution < -0.4 is 5.32 Å². The Hall–Kier alpha value is -2.92. The van der Waals surface area contributed by atoms with E-state index in [1.807, 2.05) is 53.4 Å². The van der Waals surface area contributed by atoms with Crippen molar-refractivity contribution in [3.63, 3.8) is 0 Å². The van der Waals surface area contributed by atoms with Crippen LogP contribution in [0, 0.1) is 0 Å². The van der Waals surface area contributed by atoms with Gasteiger partial charge in [0, 0.05) is 19.2 Å². The summed E-state index contributed by atoms with van der Waals surface area (Å²) in [5.74, 6) is -0.316. The number of nitrogens with zero attached hydrogens (tertiary/aromatic N) is 1. The average Bonchev–Trinajstić information content (AvgIpc) is 2.77. The van der Waals surface area contributed by atoms with E-state index in [1.54, 1.807) is 13.0 Å². The van der Waals surface area contributed by atoms with Gasteiger partial charge in [-0.3, -0.25) is 9.59 Å². The van der Waals surface area contributed by atoms with Crippen molar-refractivity contribution in [1.29, 1.82) is 0 Å². The van der Waals surface area contributed by atoms with Crippen LogP contribution in [-0.4, -0.2) is 41.9 Å². The number of hydrogen-bond donors (Lipinski definition) is 1. The Kier molecular flexibility index (Phi) is 7.59. The lowest BCUT2D eigenvalue weighted by atomic mass is 10.1. The number of benzene rings is 2. The summed E-state index contributed by atoms with van der Waals surface area (Å²) in [6.07, 6.45) is 4.99. The van der Waals surface area contributed by atoms with Gasteiger partial charge in [-0.15, -0.1) is 0 Å². The van der Waals surface area contributed by atoms with Gasteiger partial charge in [-0.2, -0.15) is 0 Å². The summed E-state index contributed by atoms with van der Waals surface area (Å²) in [6, 6.07) is 19.1. The van der Waals surface area contributed by atoms with Gasteiger partial charge >= 0.3 is 0 Å². The third-order valence-electron chi connectivity index (χ3n) is 5.04. The number of amides is 2. The number of nitrogens with one attached hydrogen (secondary N) is 1. The molecule has 0 aromatic heterocycles. The Morgan fingerprint density at radius 1 is 1.07 bits per heavy atom. The summed E-state index contributed by atoms with van der Waals surface area (Å²) >= 11 is 0. The molecule has 0 saturated carbocycles. The molecule has 0 aliphatic carbocycles. The molecule has 1 aliphatic heterocycles. The van der Waals surface area contributed by atoms with E-state index < -0.39 is 6.04 Å². The first-order valence-electron chi connectivity index (χ1n) is 10.1. The van der Waals surface area contributed by atoms with E-state index in [1.165, 1.54) is 6.08 Å². The highest BCUT2D eigenvalue weighted by Crippen LogP contribution is 2.16. The lowest BCUT2D eigenvalue weighted by molar-refractivity contribution is -0.137. The van der Waals surface area contributed by atoms with Crippen LogP contribution in [0.25, 0.3) is 6.08 Å². The highest BCUT2D eigenvalue weighted by Gasteiger charge is 2.26. The van der Waals surface area contributed by atoms with Crippen molar-refractivity contribution < 1.29 is 14.3 Å². The zero-order valence-electron chi connectivity index (χ0n) is 16.8. The summed E-state index contributed by atoms with van der Waals surface area (Å²) in [4.78, 5) is 26.6. The fraction of sp³-hybridized carbons (Fsp3) is 0.333. The fourth-order valence-corrected chi connectivity index (χ4v) is 3.36. The van der Waals surface area contributed by atoms with Crippen molar-refractivity contribution in [2.45, 2.75) is 38.5 Å². The quantitative estimate of drug-likeness (QED) is 0.735. The molecule has 1 unspecified atom stereocenters. The van der Waals surface area contributed by atoms with Gasteiger partial charge in [0.2, 0.25) is 11.8 Å². The second-order valence-corrected chi connectivity index (χ2v) is 7.30. The normalized spacial score (nSPS) is 16.0. The van der Waals surface area contributed by atoms with Gasteiger partial charge in [0.15, 0.2) is 0 Å². The standard InChI is InChI=1S/C24H28N2O3/c1-19(25-23(27)13-12-20-8-4-2-5-9-20)24(28)26-16-14-22(15-17-26)29-18-21-10-6-3-7-11-21/h2-13,19,22H,14-18H2,1H3,(H,25,27)/b13-12+. The second-order valence-electron chi connectivity index (χ2n) is 7.30. The van der Waals surface area contributed by atoms with Gasteiger partial charge in [-0.25, -0.2) is 0 Å². The van der Waals surface area contributed by atoms with E-state index in [-0.39, 0.29) is 17.9 Å². The number of likely N-dealkylation sites (tertiary alicyclic amines) is 1. The maximum atomic E-state index is 12.6. The first-order chi connectivity index (χ1) is 14.1. The molecule has 152 valence electrons. The maximum absolute atomic E-state index is 12.6. The van der Waals surface area contributed by atoms with Crippen molar-refractivity contribution in [1.82, 2.24) is 10.2 Å². The number of piperidine rings is 1. The highest BCUT2D eigenvalue weighted by molar-refractivity contribution is 5.95. The largest absolute Gasteiger partial charge is 0.373 e. The van der Waals surface area contributed by atoms with Crippen LogP contribution in [0.1, 0.15) is 30.9 Å². The van der Waals surface area contributed by atoms with Gasteiger partial charge in [0.1, 0.15) is 6.04 Å². The van der Waals surface area contributed by atoms with Crippen LogP contribution in [0.5, 0.6) is 0 Å². The minimum Gasteiger partial charge on any atom is -0.373 e. The lowest BCUT2D eigenvalue weighted by Crippen LogP contribution is -2.49. The summed E-state index contributed by atoms with van der Waals surface area (Å²) < 4.78 is 5.98. The minimum atomic E-state index is -0.551. The second kappa shape index (κ2) is 10.6. The van der Waals surface area contributed by atoms with Crippen LogP contribution >= 0.6 is 0 Å². The van der Waals surface area contributed by atoms with Crippen LogP contribution in [0.2, 0.25) is 0 Å². The van der Waals surface area contributed by atoms with Crippen LogP contribution in [0.3, 0.4) is 0 Å². The number of ether oxygens (including phenoxy) is 1. The molecular formula is C24H28N2O3. The Morgan fingerprint density at radius 2 is 1.69 bits per heavy atom. The molecule has 2 amide bonds. The highest BCUT2D eigenvalue weighted by atomic mass is 16.5. The van der Waals surface area contributed by atoms with Gasteiger partial charge in [-0.1, -0.05) is 60.7 Å². The van der Waals surface area contributed by atoms with E-state index >= 15 is 0 Å². The topological polar surface area (TPSA) is 58.6 Å². The van der Waals surface area contributed by atoms with E-state index in [2.05, 4.69) is 17.4 Å². The molecule has 5 heteroatoms. The van der Waals surface area contributed by atoms with Crippen molar-refractivity contribution in [3.8, 4) is 0 Å². The minimum absolute atomic E-state index is 0.0482. The van der Waals surface area contributed by atoms with E-state index in [4.69, 9.17) is 4.74 Å². The predicted octanol–water partition coefficient (Wildman–Crippen LogP) is 3.41. The summed E-state index contributed by atoms with van der Waals surface area (Å²) in [6.45, 7) is 3.63. The SMILES string of the molecule is CC(NC(=O)/C=C/c1ccccc1)C(=O)N1CCC(OCc2ccccc2)CC1. The van der Waals surface area contributed by atoms with Crippen LogP contribution in [-0.2, 0) is 20.9 Å². The van der Waals surface area contributed by atoms with Gasteiger partial charge < -0.3 is 15.0 Å². The predicted molar refractivity (Wildman–Crippen MR) is 114 cm³/mol. The molecule has 3 rings (SSSR count). The third kappa shape index (κ3) is 6.57. The van der Waals surface area contributed by atoms with Gasteiger partial charge in [-0.05, 0) is 37.0 Å². The van der Waals surface area contributed by atoms with Gasteiger partial charge in [0.05, 0.1) is 12.7 Å². The number of carbonyl (C=O) groups is 2. The Labute approximate surface area is 172 Å². The first-order valence-corrected chi connectivity index (χ1v) is 10.1.